The highest BCUT2D eigenvalue weighted by Crippen LogP contribution is 2.24. The molecule has 1 aliphatic rings. The summed E-state index contributed by atoms with van der Waals surface area (Å²) in [7, 11) is 0. The summed E-state index contributed by atoms with van der Waals surface area (Å²) in [6.07, 6.45) is 0. The van der Waals surface area contributed by atoms with Crippen molar-refractivity contribution in [1.82, 2.24) is 9.99 Å². The molecule has 4 nitrogen and oxygen atoms in total. The number of aryl methyl sites for hydroxylation is 1. The van der Waals surface area contributed by atoms with Gasteiger partial charge in [0.15, 0.2) is 5.17 Å². The van der Waals surface area contributed by atoms with E-state index in [1.54, 1.807) is 11.8 Å². The SMILES string of the molecule is Cc1cc(C2=NNC(=Nc3ccccc3)SC2)c(C)n1Cc1ccccc1Cl. The van der Waals surface area contributed by atoms with Gasteiger partial charge in [-0.15, -0.1) is 0 Å². The van der Waals surface area contributed by atoms with Crippen molar-refractivity contribution < 1.29 is 0 Å². The number of aliphatic imine (C=N–C) groups is 1. The van der Waals surface area contributed by atoms with Crippen LogP contribution in [0.5, 0.6) is 0 Å². The zero-order valence-corrected chi connectivity index (χ0v) is 17.4. The molecule has 1 aliphatic heterocycles. The minimum Gasteiger partial charge on any atom is -0.344 e. The average molecular weight is 409 g/mol. The van der Waals surface area contributed by atoms with Crippen molar-refractivity contribution >= 4 is 39.9 Å². The number of nitrogens with one attached hydrogen (secondary N) is 1. The molecule has 0 atom stereocenters. The Morgan fingerprint density at radius 3 is 2.57 bits per heavy atom. The third-order valence-electron chi connectivity index (χ3n) is 4.79. The van der Waals surface area contributed by atoms with Gasteiger partial charge in [0, 0.05) is 34.3 Å². The number of para-hydroxylation sites is 1. The smallest absolute Gasteiger partial charge is 0.182 e. The molecule has 3 aromatic rings. The summed E-state index contributed by atoms with van der Waals surface area (Å²) in [4.78, 5) is 4.60. The number of rotatable bonds is 4. The van der Waals surface area contributed by atoms with Crippen LogP contribution >= 0.6 is 23.4 Å². The van der Waals surface area contributed by atoms with E-state index < -0.39 is 0 Å². The quantitative estimate of drug-likeness (QED) is 0.616. The highest BCUT2D eigenvalue weighted by molar-refractivity contribution is 8.14. The Morgan fingerprint density at radius 2 is 1.86 bits per heavy atom. The molecule has 0 fully saturated rings. The Balaban J connectivity index is 1.56. The largest absolute Gasteiger partial charge is 0.344 e. The standard InChI is InChI=1S/C22H21ClN4S/c1-15-12-19(16(2)27(15)13-17-8-6-7-11-20(17)23)21-14-28-22(26-25-21)24-18-9-4-3-5-10-18/h3-12H,13-14H2,1-2H3,(H,24,26). The lowest BCUT2D eigenvalue weighted by atomic mass is 10.1. The molecule has 0 spiro atoms. The van der Waals surface area contributed by atoms with Gasteiger partial charge in [-0.25, -0.2) is 4.99 Å². The van der Waals surface area contributed by atoms with Crippen LogP contribution in [-0.4, -0.2) is 21.2 Å². The predicted molar refractivity (Wildman–Crippen MR) is 120 cm³/mol. The lowest BCUT2D eigenvalue weighted by Gasteiger charge is -2.15. The number of thioether (sulfide) groups is 1. The second-order valence-electron chi connectivity index (χ2n) is 6.67. The first-order valence-electron chi connectivity index (χ1n) is 9.11. The van der Waals surface area contributed by atoms with Crippen molar-refractivity contribution in [1.29, 1.82) is 0 Å². The number of hydrazone groups is 1. The maximum absolute atomic E-state index is 6.35. The van der Waals surface area contributed by atoms with Crippen LogP contribution in [0.15, 0.2) is 70.8 Å². The van der Waals surface area contributed by atoms with Gasteiger partial charge in [-0.3, -0.25) is 5.43 Å². The summed E-state index contributed by atoms with van der Waals surface area (Å²) in [5.74, 6) is 0.787. The highest BCUT2D eigenvalue weighted by atomic mass is 35.5. The van der Waals surface area contributed by atoms with Gasteiger partial charge in [-0.2, -0.15) is 5.10 Å². The van der Waals surface area contributed by atoms with Crippen LogP contribution in [0, 0.1) is 13.8 Å². The minimum atomic E-state index is 0.756. The number of benzene rings is 2. The molecular formula is C22H21ClN4S. The van der Waals surface area contributed by atoms with E-state index in [-0.39, 0.29) is 0 Å². The van der Waals surface area contributed by atoms with E-state index in [0.717, 1.165) is 39.5 Å². The van der Waals surface area contributed by atoms with Gasteiger partial charge in [0.25, 0.3) is 0 Å². The van der Waals surface area contributed by atoms with Crippen molar-refractivity contribution in [2.24, 2.45) is 10.1 Å². The fraction of sp³-hybridized carbons (Fsp3) is 0.182. The van der Waals surface area contributed by atoms with E-state index in [4.69, 9.17) is 11.6 Å². The molecule has 0 amide bonds. The minimum absolute atomic E-state index is 0.756. The van der Waals surface area contributed by atoms with Crippen molar-refractivity contribution in [3.05, 3.63) is 88.2 Å². The second-order valence-corrected chi connectivity index (χ2v) is 8.05. The summed E-state index contributed by atoms with van der Waals surface area (Å²) in [5, 5.41) is 6.21. The molecule has 0 radical (unpaired) electrons. The van der Waals surface area contributed by atoms with Crippen molar-refractivity contribution in [2.45, 2.75) is 20.4 Å². The van der Waals surface area contributed by atoms with Gasteiger partial charge < -0.3 is 4.57 Å². The van der Waals surface area contributed by atoms with Crippen molar-refractivity contribution in [2.75, 3.05) is 5.75 Å². The van der Waals surface area contributed by atoms with Crippen LogP contribution in [0.2, 0.25) is 5.02 Å². The fourth-order valence-electron chi connectivity index (χ4n) is 3.27. The van der Waals surface area contributed by atoms with E-state index in [2.05, 4.69) is 46.1 Å². The third-order valence-corrected chi connectivity index (χ3v) is 6.03. The average Bonchev–Trinajstić information content (AvgIpc) is 2.99. The third kappa shape index (κ3) is 4.01. The van der Waals surface area contributed by atoms with Gasteiger partial charge in [0.1, 0.15) is 0 Å². The fourth-order valence-corrected chi connectivity index (χ4v) is 4.23. The van der Waals surface area contributed by atoms with Crippen LogP contribution in [0.4, 0.5) is 5.69 Å². The number of hydrogen-bond acceptors (Lipinski definition) is 3. The zero-order valence-electron chi connectivity index (χ0n) is 15.8. The van der Waals surface area contributed by atoms with Crippen LogP contribution in [-0.2, 0) is 6.54 Å². The summed E-state index contributed by atoms with van der Waals surface area (Å²) >= 11 is 8.02. The first-order chi connectivity index (χ1) is 13.6. The summed E-state index contributed by atoms with van der Waals surface area (Å²) in [5.41, 5.74) is 9.75. The molecule has 0 saturated carbocycles. The lowest BCUT2D eigenvalue weighted by Crippen LogP contribution is -2.25. The molecule has 142 valence electrons. The molecule has 4 rings (SSSR count). The predicted octanol–water partition coefficient (Wildman–Crippen LogP) is 5.53. The molecule has 0 aliphatic carbocycles. The van der Waals surface area contributed by atoms with Crippen molar-refractivity contribution in [3.63, 3.8) is 0 Å². The van der Waals surface area contributed by atoms with Gasteiger partial charge >= 0.3 is 0 Å². The first-order valence-corrected chi connectivity index (χ1v) is 10.5. The lowest BCUT2D eigenvalue weighted by molar-refractivity contribution is 0.749. The number of halogens is 1. The maximum Gasteiger partial charge on any atom is 0.182 e. The number of aromatic nitrogens is 1. The molecule has 1 aromatic heterocycles. The molecule has 0 saturated heterocycles. The summed E-state index contributed by atoms with van der Waals surface area (Å²) < 4.78 is 2.29. The monoisotopic (exact) mass is 408 g/mol. The van der Waals surface area contributed by atoms with Crippen LogP contribution in [0.25, 0.3) is 0 Å². The highest BCUT2D eigenvalue weighted by Gasteiger charge is 2.19. The second kappa shape index (κ2) is 8.25. The molecule has 28 heavy (non-hydrogen) atoms. The Bertz CT molecular complexity index is 1050. The van der Waals surface area contributed by atoms with Gasteiger partial charge in [-0.1, -0.05) is 59.8 Å². The molecule has 0 unspecified atom stereocenters. The first kappa shape index (κ1) is 18.8. The van der Waals surface area contributed by atoms with E-state index >= 15 is 0 Å². The molecule has 0 bridgehead atoms. The molecule has 2 aromatic carbocycles. The molecular weight excluding hydrogens is 388 g/mol. The zero-order chi connectivity index (χ0) is 19.5. The molecule has 6 heteroatoms. The van der Waals surface area contributed by atoms with Crippen LogP contribution in [0.3, 0.4) is 0 Å². The number of hydrogen-bond donors (Lipinski definition) is 1. The summed E-state index contributed by atoms with van der Waals surface area (Å²) in [6.45, 7) is 5.02. The molecule has 1 N–H and O–H groups in total. The maximum atomic E-state index is 6.35. The van der Waals surface area contributed by atoms with E-state index in [1.807, 2.05) is 48.5 Å². The Morgan fingerprint density at radius 1 is 1.11 bits per heavy atom. The van der Waals surface area contributed by atoms with Gasteiger partial charge in [-0.05, 0) is 43.7 Å². The van der Waals surface area contributed by atoms with E-state index in [1.165, 1.54) is 17.0 Å². The summed E-state index contributed by atoms with van der Waals surface area (Å²) in [6, 6.07) is 20.1. The van der Waals surface area contributed by atoms with Crippen LogP contribution < -0.4 is 5.43 Å². The Labute approximate surface area is 174 Å². The molecule has 2 heterocycles. The number of amidine groups is 1. The van der Waals surface area contributed by atoms with E-state index in [0.29, 0.717) is 0 Å². The Kier molecular flexibility index (Phi) is 5.55. The van der Waals surface area contributed by atoms with Crippen LogP contribution in [0.1, 0.15) is 22.5 Å². The van der Waals surface area contributed by atoms with Crippen molar-refractivity contribution in [3.8, 4) is 0 Å². The van der Waals surface area contributed by atoms with Gasteiger partial charge in [0.2, 0.25) is 0 Å². The Hall–Kier alpha value is -2.50. The normalized spacial score (nSPS) is 15.4. The van der Waals surface area contributed by atoms with E-state index in [9.17, 15) is 0 Å². The topological polar surface area (TPSA) is 41.7 Å². The number of nitrogens with zero attached hydrogens (tertiary/aromatic N) is 3. The van der Waals surface area contributed by atoms with Gasteiger partial charge in [0.05, 0.1) is 11.4 Å².